The van der Waals surface area contributed by atoms with Crippen LogP contribution < -0.4 is 14.8 Å². The van der Waals surface area contributed by atoms with Gasteiger partial charge in [0.15, 0.2) is 17.2 Å². The van der Waals surface area contributed by atoms with E-state index in [1.165, 1.54) is 44.3 Å². The van der Waals surface area contributed by atoms with Gasteiger partial charge in [0, 0.05) is 25.1 Å². The number of rotatable bonds is 13. The highest BCUT2D eigenvalue weighted by molar-refractivity contribution is 5.98. The summed E-state index contributed by atoms with van der Waals surface area (Å²) >= 11 is 0. The standard InChI is InChI=1S/C32H38N2O7/c1-7-23-9-13-25(14-10-23)28(26-15-11-24(8-2)12-16-26)21(4)41-32(37)20(3)34-31(36)29-30(40-19-39-22(5)35)27(38-6)17-18-33-29/h9-18,20-21,28H,7-8,19H2,1-6H3,(H,34,36)/t20-,21-/m0/s1. The Bertz CT molecular complexity index is 1280. The molecule has 1 heterocycles. The van der Waals surface area contributed by atoms with Crippen LogP contribution in [0, 0.1) is 0 Å². The molecule has 0 aliphatic carbocycles. The minimum absolute atomic E-state index is 0.0196. The number of hydrogen-bond acceptors (Lipinski definition) is 8. The molecule has 1 amide bonds. The van der Waals surface area contributed by atoms with Crippen molar-refractivity contribution in [3.05, 3.63) is 88.7 Å². The molecule has 0 fully saturated rings. The molecule has 0 radical (unpaired) electrons. The fourth-order valence-corrected chi connectivity index (χ4v) is 4.40. The second kappa shape index (κ2) is 14.8. The lowest BCUT2D eigenvalue weighted by molar-refractivity contribution is -0.151. The zero-order chi connectivity index (χ0) is 29.9. The smallest absolute Gasteiger partial charge is 0.328 e. The Morgan fingerprint density at radius 3 is 1.93 bits per heavy atom. The lowest BCUT2D eigenvalue weighted by Gasteiger charge is -2.27. The molecule has 0 unspecified atom stereocenters. The first-order chi connectivity index (χ1) is 19.7. The van der Waals surface area contributed by atoms with E-state index in [-0.39, 0.29) is 23.1 Å². The highest BCUT2D eigenvalue weighted by Gasteiger charge is 2.29. The van der Waals surface area contributed by atoms with Gasteiger partial charge in [-0.15, -0.1) is 0 Å². The van der Waals surface area contributed by atoms with Gasteiger partial charge in [-0.1, -0.05) is 62.4 Å². The molecule has 9 nitrogen and oxygen atoms in total. The van der Waals surface area contributed by atoms with Gasteiger partial charge >= 0.3 is 11.9 Å². The number of carbonyl (C=O) groups excluding carboxylic acids is 3. The van der Waals surface area contributed by atoms with Gasteiger partial charge in [-0.2, -0.15) is 0 Å². The molecule has 0 aliphatic rings. The Kier molecular flexibility index (Phi) is 11.3. The predicted octanol–water partition coefficient (Wildman–Crippen LogP) is 5.00. The summed E-state index contributed by atoms with van der Waals surface area (Å²) in [6, 6.07) is 17.1. The van der Waals surface area contributed by atoms with Gasteiger partial charge in [-0.3, -0.25) is 9.59 Å². The number of nitrogens with zero attached hydrogens (tertiary/aromatic N) is 1. The molecule has 0 saturated carbocycles. The van der Waals surface area contributed by atoms with E-state index in [0.29, 0.717) is 0 Å². The first-order valence-corrected chi connectivity index (χ1v) is 13.7. The minimum Gasteiger partial charge on any atom is -0.493 e. The zero-order valence-corrected chi connectivity index (χ0v) is 24.4. The molecule has 2 aromatic carbocycles. The average Bonchev–Trinajstić information content (AvgIpc) is 2.97. The number of pyridine rings is 1. The number of nitrogens with one attached hydrogen (secondary N) is 1. The van der Waals surface area contributed by atoms with Crippen LogP contribution in [0.2, 0.25) is 0 Å². The van der Waals surface area contributed by atoms with E-state index in [9.17, 15) is 14.4 Å². The van der Waals surface area contributed by atoms with Crippen LogP contribution in [0.25, 0.3) is 0 Å². The molecule has 0 bridgehead atoms. The SMILES string of the molecule is CCc1ccc(C(c2ccc(CC)cc2)[C@H](C)OC(=O)[C@H](C)NC(=O)c2nccc(OC)c2OCOC(C)=O)cc1. The van der Waals surface area contributed by atoms with Gasteiger partial charge in [0.05, 0.1) is 7.11 Å². The monoisotopic (exact) mass is 562 g/mol. The second-order valence-electron chi connectivity index (χ2n) is 9.59. The fourth-order valence-electron chi connectivity index (χ4n) is 4.40. The van der Waals surface area contributed by atoms with Crippen LogP contribution in [0.1, 0.15) is 73.3 Å². The lowest BCUT2D eigenvalue weighted by Crippen LogP contribution is -2.41. The Hall–Kier alpha value is -4.40. The molecular formula is C32H38N2O7. The minimum atomic E-state index is -0.996. The Morgan fingerprint density at radius 2 is 1.44 bits per heavy atom. The molecule has 1 N–H and O–H groups in total. The molecule has 2 atom stereocenters. The van der Waals surface area contributed by atoms with Crippen molar-refractivity contribution < 1.29 is 33.3 Å². The first-order valence-electron chi connectivity index (χ1n) is 13.7. The molecule has 3 rings (SSSR count). The number of methoxy groups -OCH3 is 1. The van der Waals surface area contributed by atoms with Crippen molar-refractivity contribution >= 4 is 17.8 Å². The molecule has 9 heteroatoms. The highest BCUT2D eigenvalue weighted by Crippen LogP contribution is 2.32. The molecule has 218 valence electrons. The van der Waals surface area contributed by atoms with Crippen LogP contribution in [0.4, 0.5) is 0 Å². The summed E-state index contributed by atoms with van der Waals surface area (Å²) in [4.78, 5) is 41.5. The van der Waals surface area contributed by atoms with Crippen LogP contribution in [-0.4, -0.2) is 48.9 Å². The number of carbonyl (C=O) groups is 3. The average molecular weight is 563 g/mol. The highest BCUT2D eigenvalue weighted by atomic mass is 16.7. The van der Waals surface area contributed by atoms with Crippen molar-refractivity contribution in [1.82, 2.24) is 10.3 Å². The third-order valence-corrected chi connectivity index (χ3v) is 6.74. The van der Waals surface area contributed by atoms with Crippen molar-refractivity contribution in [1.29, 1.82) is 0 Å². The number of amides is 1. The number of hydrogen-bond donors (Lipinski definition) is 1. The van der Waals surface area contributed by atoms with Crippen molar-refractivity contribution in [2.75, 3.05) is 13.9 Å². The topological polar surface area (TPSA) is 113 Å². The van der Waals surface area contributed by atoms with Crippen molar-refractivity contribution in [2.45, 2.75) is 65.5 Å². The summed E-state index contributed by atoms with van der Waals surface area (Å²) in [5.41, 5.74) is 4.36. The molecule has 1 aromatic heterocycles. The van der Waals surface area contributed by atoms with Crippen molar-refractivity contribution in [3.8, 4) is 11.5 Å². The number of benzene rings is 2. The van der Waals surface area contributed by atoms with E-state index in [1.54, 1.807) is 0 Å². The summed E-state index contributed by atoms with van der Waals surface area (Å²) in [5, 5.41) is 2.62. The van der Waals surface area contributed by atoms with Gasteiger partial charge in [-0.25, -0.2) is 9.78 Å². The molecular weight excluding hydrogens is 524 g/mol. The summed E-state index contributed by atoms with van der Waals surface area (Å²) in [6.07, 6.45) is 2.70. The van der Waals surface area contributed by atoms with Crippen LogP contribution >= 0.6 is 0 Å². The number of aromatic nitrogens is 1. The molecule has 3 aromatic rings. The summed E-state index contributed by atoms with van der Waals surface area (Å²) in [6.45, 7) is 8.39. The van der Waals surface area contributed by atoms with E-state index < -0.39 is 36.8 Å². The van der Waals surface area contributed by atoms with Crippen molar-refractivity contribution in [2.24, 2.45) is 0 Å². The third kappa shape index (κ3) is 8.30. The molecule has 0 saturated heterocycles. The fraction of sp³-hybridized carbons (Fsp3) is 0.375. The Labute approximate surface area is 241 Å². The normalized spacial score (nSPS) is 12.3. The van der Waals surface area contributed by atoms with Gasteiger partial charge in [-0.05, 0) is 48.9 Å². The van der Waals surface area contributed by atoms with E-state index >= 15 is 0 Å². The maximum absolute atomic E-state index is 13.2. The van der Waals surface area contributed by atoms with Gasteiger partial charge in [0.25, 0.3) is 5.91 Å². The predicted molar refractivity (Wildman–Crippen MR) is 154 cm³/mol. The maximum Gasteiger partial charge on any atom is 0.328 e. The van der Waals surface area contributed by atoms with E-state index in [2.05, 4.69) is 72.7 Å². The zero-order valence-electron chi connectivity index (χ0n) is 24.4. The van der Waals surface area contributed by atoms with Crippen LogP contribution in [-0.2, 0) is 31.9 Å². The largest absolute Gasteiger partial charge is 0.493 e. The number of aryl methyl sites for hydroxylation is 2. The van der Waals surface area contributed by atoms with Gasteiger partial charge < -0.3 is 24.3 Å². The summed E-state index contributed by atoms with van der Waals surface area (Å²) < 4.78 is 21.4. The summed E-state index contributed by atoms with van der Waals surface area (Å²) in [7, 11) is 1.40. The quantitative estimate of drug-likeness (QED) is 0.229. The van der Waals surface area contributed by atoms with E-state index in [1.807, 2.05) is 6.92 Å². The number of ether oxygens (including phenoxy) is 4. The summed E-state index contributed by atoms with van der Waals surface area (Å²) in [5.74, 6) is -1.84. The van der Waals surface area contributed by atoms with Crippen LogP contribution in [0.5, 0.6) is 11.5 Å². The molecule has 0 spiro atoms. The second-order valence-corrected chi connectivity index (χ2v) is 9.59. The van der Waals surface area contributed by atoms with E-state index in [0.717, 1.165) is 24.0 Å². The third-order valence-electron chi connectivity index (χ3n) is 6.74. The van der Waals surface area contributed by atoms with E-state index in [4.69, 9.17) is 18.9 Å². The Balaban J connectivity index is 1.77. The lowest BCUT2D eigenvalue weighted by atomic mass is 9.86. The van der Waals surface area contributed by atoms with Crippen molar-refractivity contribution in [3.63, 3.8) is 0 Å². The Morgan fingerprint density at radius 1 is 0.878 bits per heavy atom. The first kappa shape index (κ1) is 31.1. The molecule has 0 aliphatic heterocycles. The molecule has 41 heavy (non-hydrogen) atoms. The van der Waals surface area contributed by atoms with Crippen LogP contribution in [0.15, 0.2) is 60.8 Å². The maximum atomic E-state index is 13.2. The number of esters is 2. The van der Waals surface area contributed by atoms with Crippen LogP contribution in [0.3, 0.4) is 0 Å². The van der Waals surface area contributed by atoms with Gasteiger partial charge in [0.1, 0.15) is 12.1 Å². The van der Waals surface area contributed by atoms with Gasteiger partial charge in [0.2, 0.25) is 6.79 Å².